The number of Topliss-reactive ketones (excluding diaryl/α,β-unsaturated/α-hetero) is 1. The molecule has 1 heterocycles. The van der Waals surface area contributed by atoms with E-state index in [0.29, 0.717) is 11.7 Å². The van der Waals surface area contributed by atoms with Gasteiger partial charge in [-0.25, -0.2) is 4.98 Å². The lowest BCUT2D eigenvalue weighted by Crippen LogP contribution is -2.15. The highest BCUT2D eigenvalue weighted by Gasteiger charge is 2.31. The minimum Gasteiger partial charge on any atom is -0.335 e. The molecular formula is C13H20N2O. The first-order chi connectivity index (χ1) is 7.72. The van der Waals surface area contributed by atoms with E-state index in [-0.39, 0.29) is 5.92 Å². The maximum absolute atomic E-state index is 11.5. The molecule has 0 aliphatic heterocycles. The first-order valence-corrected chi connectivity index (χ1v) is 6.25. The van der Waals surface area contributed by atoms with Crippen LogP contribution in [0.1, 0.15) is 38.9 Å². The summed E-state index contributed by atoms with van der Waals surface area (Å²) >= 11 is 0. The molecule has 1 saturated carbocycles. The van der Waals surface area contributed by atoms with Gasteiger partial charge < -0.3 is 4.57 Å². The molecule has 1 fully saturated rings. The summed E-state index contributed by atoms with van der Waals surface area (Å²) in [6, 6.07) is 0. The number of nitrogens with zero attached hydrogens (tertiary/aromatic N) is 2. The standard InChI is InChI=1S/C13H20N2O/c1-3-7-15-8-6-14-13(15)9-11-4-5-12(16)10(11)2/h6,8,10-11H,3-5,7,9H2,1-2H3. The highest BCUT2D eigenvalue weighted by Crippen LogP contribution is 2.30. The van der Waals surface area contributed by atoms with E-state index in [2.05, 4.69) is 23.4 Å². The molecule has 1 aromatic rings. The normalized spacial score (nSPS) is 25.2. The second-order valence-corrected chi connectivity index (χ2v) is 4.79. The van der Waals surface area contributed by atoms with E-state index >= 15 is 0 Å². The molecule has 1 aliphatic carbocycles. The van der Waals surface area contributed by atoms with Gasteiger partial charge in [0.2, 0.25) is 0 Å². The van der Waals surface area contributed by atoms with E-state index in [9.17, 15) is 4.79 Å². The molecule has 3 heteroatoms. The van der Waals surface area contributed by atoms with E-state index in [4.69, 9.17) is 0 Å². The van der Waals surface area contributed by atoms with Crippen LogP contribution in [0.5, 0.6) is 0 Å². The molecule has 0 N–H and O–H groups in total. The first kappa shape index (κ1) is 11.4. The summed E-state index contributed by atoms with van der Waals surface area (Å²) in [5, 5.41) is 0. The number of imidazole rings is 1. The fraction of sp³-hybridized carbons (Fsp3) is 0.692. The topological polar surface area (TPSA) is 34.9 Å². The molecule has 1 aromatic heterocycles. The fourth-order valence-electron chi connectivity index (χ4n) is 2.56. The molecule has 0 bridgehead atoms. The highest BCUT2D eigenvalue weighted by atomic mass is 16.1. The Morgan fingerprint density at radius 2 is 2.38 bits per heavy atom. The van der Waals surface area contributed by atoms with E-state index in [1.807, 2.05) is 12.4 Å². The van der Waals surface area contributed by atoms with Gasteiger partial charge in [0.15, 0.2) is 0 Å². The summed E-state index contributed by atoms with van der Waals surface area (Å²) in [6.45, 7) is 5.27. The van der Waals surface area contributed by atoms with Crippen LogP contribution in [0.2, 0.25) is 0 Å². The summed E-state index contributed by atoms with van der Waals surface area (Å²) in [4.78, 5) is 15.9. The van der Waals surface area contributed by atoms with Crippen molar-refractivity contribution in [3.05, 3.63) is 18.2 Å². The van der Waals surface area contributed by atoms with Gasteiger partial charge >= 0.3 is 0 Å². The molecule has 0 amide bonds. The lowest BCUT2D eigenvalue weighted by molar-refractivity contribution is -0.120. The average Bonchev–Trinajstić information content (AvgIpc) is 2.82. The van der Waals surface area contributed by atoms with Gasteiger partial charge in [-0.05, 0) is 18.8 Å². The van der Waals surface area contributed by atoms with Crippen LogP contribution in [0.15, 0.2) is 12.4 Å². The summed E-state index contributed by atoms with van der Waals surface area (Å²) in [7, 11) is 0. The Balaban J connectivity index is 2.03. The average molecular weight is 220 g/mol. The summed E-state index contributed by atoms with van der Waals surface area (Å²) in [6.07, 6.45) is 7.80. The van der Waals surface area contributed by atoms with Crippen molar-refractivity contribution in [2.75, 3.05) is 0 Å². The van der Waals surface area contributed by atoms with Crippen LogP contribution >= 0.6 is 0 Å². The largest absolute Gasteiger partial charge is 0.335 e. The van der Waals surface area contributed by atoms with Crippen LogP contribution in [-0.2, 0) is 17.8 Å². The molecule has 88 valence electrons. The van der Waals surface area contributed by atoms with Crippen LogP contribution in [0, 0.1) is 11.8 Å². The van der Waals surface area contributed by atoms with E-state index in [1.54, 1.807) is 0 Å². The van der Waals surface area contributed by atoms with Gasteiger partial charge in [0.25, 0.3) is 0 Å². The molecule has 0 spiro atoms. The number of aromatic nitrogens is 2. The van der Waals surface area contributed by atoms with Crippen molar-refractivity contribution < 1.29 is 4.79 Å². The highest BCUT2D eigenvalue weighted by molar-refractivity contribution is 5.83. The SMILES string of the molecule is CCCn1ccnc1CC1CCC(=O)C1C. The molecule has 16 heavy (non-hydrogen) atoms. The Bertz CT molecular complexity index is 370. The molecule has 2 rings (SSSR count). The Morgan fingerprint density at radius 1 is 1.56 bits per heavy atom. The molecule has 2 unspecified atom stereocenters. The number of aryl methyl sites for hydroxylation is 1. The molecule has 1 aliphatic rings. The van der Waals surface area contributed by atoms with Crippen molar-refractivity contribution in [2.24, 2.45) is 11.8 Å². The van der Waals surface area contributed by atoms with Gasteiger partial charge in [0.1, 0.15) is 11.6 Å². The van der Waals surface area contributed by atoms with Crippen LogP contribution in [0.3, 0.4) is 0 Å². The van der Waals surface area contributed by atoms with Gasteiger partial charge in [0.05, 0.1) is 0 Å². The first-order valence-electron chi connectivity index (χ1n) is 6.25. The number of rotatable bonds is 4. The lowest BCUT2D eigenvalue weighted by Gasteiger charge is -2.14. The predicted molar refractivity (Wildman–Crippen MR) is 63.1 cm³/mol. The monoisotopic (exact) mass is 220 g/mol. The van der Waals surface area contributed by atoms with Crippen molar-refractivity contribution in [3.63, 3.8) is 0 Å². The molecule has 0 radical (unpaired) electrons. The maximum Gasteiger partial charge on any atom is 0.136 e. The van der Waals surface area contributed by atoms with Crippen LogP contribution in [0.25, 0.3) is 0 Å². The number of ketones is 1. The van der Waals surface area contributed by atoms with Gasteiger partial charge in [-0.15, -0.1) is 0 Å². The Kier molecular flexibility index (Phi) is 3.42. The van der Waals surface area contributed by atoms with Crippen molar-refractivity contribution in [1.82, 2.24) is 9.55 Å². The third-order valence-electron chi connectivity index (χ3n) is 3.69. The van der Waals surface area contributed by atoms with E-state index in [1.165, 1.54) is 0 Å². The van der Waals surface area contributed by atoms with E-state index < -0.39 is 0 Å². The molecule has 2 atom stereocenters. The van der Waals surface area contributed by atoms with Gasteiger partial charge in [0, 0.05) is 37.7 Å². The predicted octanol–water partition coefficient (Wildman–Crippen LogP) is 2.45. The van der Waals surface area contributed by atoms with Crippen molar-refractivity contribution >= 4 is 5.78 Å². The second-order valence-electron chi connectivity index (χ2n) is 4.79. The van der Waals surface area contributed by atoms with Gasteiger partial charge in [-0.1, -0.05) is 13.8 Å². The number of carbonyl (C=O) groups is 1. The van der Waals surface area contributed by atoms with Gasteiger partial charge in [-0.3, -0.25) is 4.79 Å². The lowest BCUT2D eigenvalue weighted by atomic mass is 9.94. The van der Waals surface area contributed by atoms with Crippen molar-refractivity contribution in [1.29, 1.82) is 0 Å². The minimum absolute atomic E-state index is 0.228. The third-order valence-corrected chi connectivity index (χ3v) is 3.69. The van der Waals surface area contributed by atoms with Crippen LogP contribution in [0.4, 0.5) is 0 Å². The summed E-state index contributed by atoms with van der Waals surface area (Å²) in [5.74, 6) is 2.31. The Morgan fingerprint density at radius 3 is 3.00 bits per heavy atom. The zero-order valence-electron chi connectivity index (χ0n) is 10.1. The minimum atomic E-state index is 0.228. The Labute approximate surface area is 96.9 Å². The van der Waals surface area contributed by atoms with Crippen LogP contribution in [-0.4, -0.2) is 15.3 Å². The van der Waals surface area contributed by atoms with Crippen molar-refractivity contribution in [3.8, 4) is 0 Å². The smallest absolute Gasteiger partial charge is 0.136 e. The maximum atomic E-state index is 11.5. The summed E-state index contributed by atoms with van der Waals surface area (Å²) < 4.78 is 2.22. The second kappa shape index (κ2) is 4.81. The summed E-state index contributed by atoms with van der Waals surface area (Å²) in [5.41, 5.74) is 0. The number of carbonyl (C=O) groups excluding carboxylic acids is 1. The quantitative estimate of drug-likeness (QED) is 0.781. The molecule has 0 saturated heterocycles. The molecule has 0 aromatic carbocycles. The van der Waals surface area contributed by atoms with Gasteiger partial charge in [-0.2, -0.15) is 0 Å². The number of hydrogen-bond donors (Lipinski definition) is 0. The molecule has 3 nitrogen and oxygen atoms in total. The molecular weight excluding hydrogens is 200 g/mol. The zero-order chi connectivity index (χ0) is 11.5. The third kappa shape index (κ3) is 2.18. The fourth-order valence-corrected chi connectivity index (χ4v) is 2.56. The number of hydrogen-bond acceptors (Lipinski definition) is 2. The zero-order valence-corrected chi connectivity index (χ0v) is 10.1. The van der Waals surface area contributed by atoms with Crippen LogP contribution < -0.4 is 0 Å². The Hall–Kier alpha value is -1.12. The van der Waals surface area contributed by atoms with E-state index in [0.717, 1.165) is 38.1 Å². The van der Waals surface area contributed by atoms with Crippen molar-refractivity contribution in [2.45, 2.75) is 46.1 Å².